The van der Waals surface area contributed by atoms with Crippen LogP contribution in [0.15, 0.2) is 34.1 Å². The summed E-state index contributed by atoms with van der Waals surface area (Å²) in [5, 5.41) is 0. The van der Waals surface area contributed by atoms with Crippen molar-refractivity contribution in [2.45, 2.75) is 31.5 Å². The third-order valence-electron chi connectivity index (χ3n) is 5.37. The molecule has 0 bridgehead atoms. The van der Waals surface area contributed by atoms with Crippen molar-refractivity contribution < 1.29 is 17.7 Å². The van der Waals surface area contributed by atoms with E-state index in [9.17, 15) is 22.5 Å². The van der Waals surface area contributed by atoms with E-state index in [1.54, 1.807) is 42.3 Å². The monoisotopic (exact) mass is 451 g/mol. The molecule has 0 aliphatic carbocycles. The molecule has 0 spiro atoms. The van der Waals surface area contributed by atoms with Crippen molar-refractivity contribution in [3.05, 3.63) is 40.6 Å². The minimum absolute atomic E-state index is 0.133. The number of alkyl halides is 3. The number of imidazole rings is 2. The molecule has 0 N–H and O–H groups in total. The van der Waals surface area contributed by atoms with E-state index >= 15 is 0 Å². The van der Waals surface area contributed by atoms with E-state index in [-0.39, 0.29) is 11.2 Å². The molecule has 4 rings (SSSR count). The quantitative estimate of drug-likeness (QED) is 0.445. The summed E-state index contributed by atoms with van der Waals surface area (Å²) in [6.45, 7) is 4.07. The van der Waals surface area contributed by atoms with Crippen LogP contribution in [0.2, 0.25) is 0 Å². The van der Waals surface area contributed by atoms with Gasteiger partial charge in [0.1, 0.15) is 17.3 Å². The summed E-state index contributed by atoms with van der Waals surface area (Å²) < 4.78 is 56.8. The standard InChI is InChI=1S/C20H20F3N5O2S/c1-5-28-14-9-16(31(30)6-2)11(7-13(14)27(4)19(28)29)18-25-12-8-17(20(21,22)23)24-10-15(12)26(18)3/h7-10H,5-6H2,1-4H3. The van der Waals surface area contributed by atoms with Crippen LogP contribution in [0.3, 0.4) is 0 Å². The van der Waals surface area contributed by atoms with Crippen LogP contribution in [-0.2, 0) is 38.0 Å². The lowest BCUT2D eigenvalue weighted by Gasteiger charge is -2.14. The van der Waals surface area contributed by atoms with Gasteiger partial charge in [-0.3, -0.25) is 9.13 Å². The highest BCUT2D eigenvalue weighted by Crippen LogP contribution is 2.35. The number of halogens is 3. The second-order valence-electron chi connectivity index (χ2n) is 7.11. The van der Waals surface area contributed by atoms with Crippen LogP contribution in [0.25, 0.3) is 33.5 Å². The average Bonchev–Trinajstić information content (AvgIpc) is 3.19. The summed E-state index contributed by atoms with van der Waals surface area (Å²) in [5.74, 6) is 0.692. The molecule has 0 aliphatic heterocycles. The van der Waals surface area contributed by atoms with Crippen LogP contribution in [0.5, 0.6) is 0 Å². The molecule has 0 amide bonds. The molecule has 164 valence electrons. The van der Waals surface area contributed by atoms with Crippen LogP contribution < -0.4 is 5.69 Å². The van der Waals surface area contributed by atoms with E-state index in [1.807, 2.05) is 6.92 Å². The van der Waals surface area contributed by atoms with Crippen molar-refractivity contribution in [2.75, 3.05) is 5.75 Å². The van der Waals surface area contributed by atoms with Gasteiger partial charge in [-0.1, -0.05) is 0 Å². The van der Waals surface area contributed by atoms with Crippen LogP contribution in [-0.4, -0.2) is 34.0 Å². The lowest BCUT2D eigenvalue weighted by atomic mass is 10.1. The van der Waals surface area contributed by atoms with E-state index in [2.05, 4.69) is 9.97 Å². The first-order valence-corrected chi connectivity index (χ1v) is 10.9. The molecule has 0 aliphatic rings. The third kappa shape index (κ3) is 3.32. The Kier molecular flexibility index (Phi) is 5.13. The van der Waals surface area contributed by atoms with Gasteiger partial charge in [0.15, 0.2) is 4.90 Å². The number of hydrogen-bond acceptors (Lipinski definition) is 4. The Hall–Kier alpha value is -2.79. The fourth-order valence-electron chi connectivity index (χ4n) is 3.74. The molecule has 0 saturated heterocycles. The zero-order valence-corrected chi connectivity index (χ0v) is 18.1. The van der Waals surface area contributed by atoms with E-state index in [0.717, 1.165) is 12.3 Å². The van der Waals surface area contributed by atoms with Gasteiger partial charge in [0.25, 0.3) is 0 Å². The fraction of sp³-hybridized carbons (Fsp3) is 0.350. The van der Waals surface area contributed by atoms with Crippen molar-refractivity contribution in [3.8, 4) is 11.4 Å². The molecule has 1 atom stereocenters. The zero-order valence-electron chi connectivity index (χ0n) is 17.3. The summed E-state index contributed by atoms with van der Waals surface area (Å²) in [6.07, 6.45) is -3.45. The van der Waals surface area contributed by atoms with Gasteiger partial charge >= 0.3 is 11.9 Å². The molecule has 1 aromatic carbocycles. The molecule has 31 heavy (non-hydrogen) atoms. The van der Waals surface area contributed by atoms with Crippen LogP contribution >= 0.6 is 0 Å². The Morgan fingerprint density at radius 1 is 1.06 bits per heavy atom. The molecule has 0 radical (unpaired) electrons. The minimum atomic E-state index is -4.58. The molecule has 7 nitrogen and oxygen atoms in total. The van der Waals surface area contributed by atoms with Crippen molar-refractivity contribution >= 4 is 33.2 Å². The lowest BCUT2D eigenvalue weighted by Crippen LogP contribution is -2.21. The van der Waals surface area contributed by atoms with E-state index in [0.29, 0.717) is 45.1 Å². The highest BCUT2D eigenvalue weighted by molar-refractivity contribution is 7.91. The number of fused-ring (bicyclic) bond motifs is 2. The molecule has 4 aromatic rings. The van der Waals surface area contributed by atoms with Gasteiger partial charge in [-0.2, -0.15) is 13.2 Å². The molecule has 0 saturated carbocycles. The van der Waals surface area contributed by atoms with Crippen LogP contribution in [0.1, 0.15) is 19.5 Å². The SMILES string of the molecule is CCn1c(=O)n(C)c2cc(-c3nc4cc(C(F)(F)F)ncc4n3C)c([S+]([O-])CC)cc21. The first-order chi connectivity index (χ1) is 14.6. The minimum Gasteiger partial charge on any atom is -0.611 e. The molecule has 1 unspecified atom stereocenters. The topological polar surface area (TPSA) is 80.7 Å². The maximum atomic E-state index is 13.1. The second-order valence-corrected chi connectivity index (χ2v) is 8.82. The van der Waals surface area contributed by atoms with E-state index < -0.39 is 23.0 Å². The van der Waals surface area contributed by atoms with Crippen molar-refractivity contribution in [2.24, 2.45) is 14.1 Å². The second kappa shape index (κ2) is 7.41. The predicted octanol–water partition coefficient (Wildman–Crippen LogP) is 3.45. The average molecular weight is 451 g/mol. The number of nitrogens with zero attached hydrogens (tertiary/aromatic N) is 5. The summed E-state index contributed by atoms with van der Waals surface area (Å²) >= 11 is -1.39. The Morgan fingerprint density at radius 2 is 1.77 bits per heavy atom. The molecule has 3 aromatic heterocycles. The predicted molar refractivity (Wildman–Crippen MR) is 112 cm³/mol. The summed E-state index contributed by atoms with van der Waals surface area (Å²) in [5.41, 5.74) is 1.09. The Bertz CT molecular complexity index is 1370. The Labute approximate surface area is 178 Å². The van der Waals surface area contributed by atoms with Crippen molar-refractivity contribution in [1.29, 1.82) is 0 Å². The normalized spacial score (nSPS) is 13.4. The first-order valence-electron chi connectivity index (χ1n) is 9.60. The van der Waals surface area contributed by atoms with Crippen LogP contribution in [0.4, 0.5) is 13.2 Å². The summed E-state index contributed by atoms with van der Waals surface area (Å²) in [4.78, 5) is 21.0. The number of rotatable bonds is 4. The summed E-state index contributed by atoms with van der Waals surface area (Å²) in [7, 11) is 3.31. The number of benzene rings is 1. The first kappa shape index (κ1) is 21.4. The number of pyridine rings is 1. The maximum Gasteiger partial charge on any atom is 0.433 e. The van der Waals surface area contributed by atoms with Crippen molar-refractivity contribution in [1.82, 2.24) is 23.7 Å². The fourth-order valence-corrected chi connectivity index (χ4v) is 4.69. The van der Waals surface area contributed by atoms with Gasteiger partial charge in [0, 0.05) is 26.7 Å². The highest BCUT2D eigenvalue weighted by atomic mass is 32.2. The number of aryl methyl sites for hydroxylation is 3. The maximum absolute atomic E-state index is 13.1. The molecule has 11 heteroatoms. The smallest absolute Gasteiger partial charge is 0.433 e. The van der Waals surface area contributed by atoms with Gasteiger partial charge in [-0.15, -0.1) is 0 Å². The summed E-state index contributed by atoms with van der Waals surface area (Å²) in [6, 6.07) is 4.34. The Morgan fingerprint density at radius 3 is 2.39 bits per heavy atom. The molecule has 0 fully saturated rings. The lowest BCUT2D eigenvalue weighted by molar-refractivity contribution is -0.141. The van der Waals surface area contributed by atoms with Gasteiger partial charge in [0.05, 0.1) is 33.8 Å². The van der Waals surface area contributed by atoms with Gasteiger partial charge in [0.2, 0.25) is 0 Å². The number of hydrogen-bond donors (Lipinski definition) is 0. The largest absolute Gasteiger partial charge is 0.611 e. The Balaban J connectivity index is 2.04. The van der Waals surface area contributed by atoms with E-state index in [4.69, 9.17) is 0 Å². The number of aromatic nitrogens is 5. The third-order valence-corrected chi connectivity index (χ3v) is 6.72. The van der Waals surface area contributed by atoms with Gasteiger partial charge in [-0.25, -0.2) is 14.8 Å². The van der Waals surface area contributed by atoms with E-state index in [1.165, 1.54) is 4.57 Å². The van der Waals surface area contributed by atoms with Gasteiger partial charge in [-0.05, 0) is 37.2 Å². The molecular formula is C20H20F3N5O2S. The zero-order chi connectivity index (χ0) is 22.7. The highest BCUT2D eigenvalue weighted by Gasteiger charge is 2.33. The van der Waals surface area contributed by atoms with Crippen LogP contribution in [0, 0.1) is 0 Å². The molecule has 3 heterocycles. The van der Waals surface area contributed by atoms with Crippen molar-refractivity contribution in [3.63, 3.8) is 0 Å². The molecular weight excluding hydrogens is 431 g/mol. The van der Waals surface area contributed by atoms with Gasteiger partial charge < -0.3 is 9.12 Å².